The minimum Gasteiger partial charge on any atom is -0.396 e. The van der Waals surface area contributed by atoms with E-state index in [1.165, 1.54) is 22.5 Å². The molecular formula is C13H19FN2O3S. The number of aryl methyl sites for hydroxylation is 1. The van der Waals surface area contributed by atoms with Crippen molar-refractivity contribution in [3.63, 3.8) is 0 Å². The summed E-state index contributed by atoms with van der Waals surface area (Å²) in [4.78, 5) is 0. The average Bonchev–Trinajstić information content (AvgIpc) is 2.42. The highest BCUT2D eigenvalue weighted by atomic mass is 32.2. The number of piperidine rings is 1. The minimum absolute atomic E-state index is 0.0123. The highest BCUT2D eigenvalue weighted by molar-refractivity contribution is 7.90. The molecule has 0 amide bonds. The first kappa shape index (κ1) is 15.2. The lowest BCUT2D eigenvalue weighted by Gasteiger charge is -2.31. The monoisotopic (exact) mass is 302 g/mol. The molecule has 1 aliphatic heterocycles. The second-order valence-electron chi connectivity index (χ2n) is 5.12. The maximum atomic E-state index is 13.0. The zero-order valence-electron chi connectivity index (χ0n) is 11.3. The van der Waals surface area contributed by atoms with Gasteiger partial charge in [-0.15, -0.1) is 0 Å². The van der Waals surface area contributed by atoms with Crippen LogP contribution in [0.2, 0.25) is 0 Å². The van der Waals surface area contributed by atoms with Gasteiger partial charge in [0.1, 0.15) is 5.82 Å². The Morgan fingerprint density at radius 2 is 2.25 bits per heavy atom. The minimum atomic E-state index is -3.66. The van der Waals surface area contributed by atoms with Crippen molar-refractivity contribution in [1.82, 2.24) is 4.31 Å². The van der Waals surface area contributed by atoms with Crippen LogP contribution in [0.3, 0.4) is 0 Å². The van der Waals surface area contributed by atoms with Crippen molar-refractivity contribution >= 4 is 15.9 Å². The second-order valence-corrected chi connectivity index (χ2v) is 6.79. The largest absolute Gasteiger partial charge is 0.396 e. The van der Waals surface area contributed by atoms with Gasteiger partial charge in [0.05, 0.1) is 5.69 Å². The molecule has 1 aromatic rings. The van der Waals surface area contributed by atoms with Gasteiger partial charge in [0.2, 0.25) is 0 Å². The highest BCUT2D eigenvalue weighted by Gasteiger charge is 2.28. The molecule has 1 atom stereocenters. The number of hydrogen-bond donors (Lipinski definition) is 2. The number of anilines is 1. The van der Waals surface area contributed by atoms with E-state index in [2.05, 4.69) is 4.72 Å². The molecule has 1 aliphatic rings. The zero-order valence-corrected chi connectivity index (χ0v) is 12.2. The molecule has 0 radical (unpaired) electrons. The topological polar surface area (TPSA) is 69.6 Å². The molecule has 1 unspecified atom stereocenters. The van der Waals surface area contributed by atoms with Gasteiger partial charge in [-0.05, 0) is 49.4 Å². The van der Waals surface area contributed by atoms with Gasteiger partial charge in [0.25, 0.3) is 0 Å². The maximum absolute atomic E-state index is 13.0. The van der Waals surface area contributed by atoms with Gasteiger partial charge in [0.15, 0.2) is 0 Å². The number of hydrogen-bond acceptors (Lipinski definition) is 3. The van der Waals surface area contributed by atoms with E-state index in [-0.39, 0.29) is 12.5 Å². The van der Waals surface area contributed by atoms with E-state index in [4.69, 9.17) is 5.11 Å². The van der Waals surface area contributed by atoms with Crippen LogP contribution in [0.1, 0.15) is 18.4 Å². The Bertz CT molecular complexity index is 577. The fraction of sp³-hybridized carbons (Fsp3) is 0.538. The number of aliphatic hydroxyl groups excluding tert-OH is 1. The normalized spacial score (nSPS) is 20.9. The van der Waals surface area contributed by atoms with Crippen LogP contribution in [0.5, 0.6) is 0 Å². The smallest absolute Gasteiger partial charge is 0.301 e. The van der Waals surface area contributed by atoms with E-state index in [1.54, 1.807) is 6.92 Å². The SMILES string of the molecule is Cc1cc(F)ccc1NS(=O)(=O)N1CCCC(CO)C1. The molecule has 20 heavy (non-hydrogen) atoms. The summed E-state index contributed by atoms with van der Waals surface area (Å²) in [7, 11) is -3.66. The molecule has 0 spiro atoms. The quantitative estimate of drug-likeness (QED) is 0.885. The first-order valence-corrected chi connectivity index (χ1v) is 8.01. The number of nitrogens with zero attached hydrogens (tertiary/aromatic N) is 1. The summed E-state index contributed by atoms with van der Waals surface area (Å²) in [5, 5.41) is 9.16. The van der Waals surface area contributed by atoms with E-state index >= 15 is 0 Å². The molecule has 1 fully saturated rings. The third-order valence-electron chi connectivity index (χ3n) is 3.51. The lowest BCUT2D eigenvalue weighted by atomic mass is 10.0. The van der Waals surface area contributed by atoms with Gasteiger partial charge in [-0.25, -0.2) is 4.39 Å². The van der Waals surface area contributed by atoms with Crippen molar-refractivity contribution in [3.05, 3.63) is 29.6 Å². The first-order valence-electron chi connectivity index (χ1n) is 6.57. The molecule has 2 rings (SSSR count). The summed E-state index contributed by atoms with van der Waals surface area (Å²) in [6.07, 6.45) is 1.56. The van der Waals surface area contributed by atoms with Gasteiger partial charge in [-0.2, -0.15) is 12.7 Å². The summed E-state index contributed by atoms with van der Waals surface area (Å²) in [6, 6.07) is 3.91. The van der Waals surface area contributed by atoms with Crippen LogP contribution in [0, 0.1) is 18.7 Å². The Kier molecular flexibility index (Phi) is 4.62. The number of aliphatic hydroxyl groups is 1. The third kappa shape index (κ3) is 3.47. The fourth-order valence-corrected chi connectivity index (χ4v) is 3.75. The summed E-state index contributed by atoms with van der Waals surface area (Å²) in [5.41, 5.74) is 0.904. The molecular weight excluding hydrogens is 283 g/mol. The van der Waals surface area contributed by atoms with Gasteiger partial charge in [-0.1, -0.05) is 0 Å². The third-order valence-corrected chi connectivity index (χ3v) is 5.00. The lowest BCUT2D eigenvalue weighted by Crippen LogP contribution is -2.43. The molecule has 1 aromatic carbocycles. The Balaban J connectivity index is 2.14. The maximum Gasteiger partial charge on any atom is 0.301 e. The van der Waals surface area contributed by atoms with Crippen LogP contribution in [0.25, 0.3) is 0 Å². The van der Waals surface area contributed by atoms with Crippen LogP contribution in [0.4, 0.5) is 10.1 Å². The van der Waals surface area contributed by atoms with Crippen LogP contribution in [-0.4, -0.2) is 37.5 Å². The van der Waals surface area contributed by atoms with Crippen LogP contribution in [-0.2, 0) is 10.2 Å². The van der Waals surface area contributed by atoms with Gasteiger partial charge < -0.3 is 5.11 Å². The van der Waals surface area contributed by atoms with Gasteiger partial charge >= 0.3 is 10.2 Å². The first-order chi connectivity index (χ1) is 9.42. The molecule has 1 heterocycles. The molecule has 0 saturated carbocycles. The number of rotatable bonds is 4. The Hall–Kier alpha value is -1.18. The van der Waals surface area contributed by atoms with Crippen LogP contribution >= 0.6 is 0 Å². The zero-order chi connectivity index (χ0) is 14.8. The molecule has 1 saturated heterocycles. The molecule has 0 bridgehead atoms. The summed E-state index contributed by atoms with van der Waals surface area (Å²) < 4.78 is 41.4. The Morgan fingerprint density at radius 1 is 1.50 bits per heavy atom. The van der Waals surface area contributed by atoms with Crippen molar-refractivity contribution in [2.45, 2.75) is 19.8 Å². The number of halogens is 1. The predicted octanol–water partition coefficient (Wildman–Crippen LogP) is 1.50. The predicted molar refractivity (Wildman–Crippen MR) is 75.1 cm³/mol. The molecule has 0 aromatic heterocycles. The average molecular weight is 302 g/mol. The Labute approximate surface area is 118 Å². The molecule has 0 aliphatic carbocycles. The second kappa shape index (κ2) is 6.07. The fourth-order valence-electron chi connectivity index (χ4n) is 2.34. The van der Waals surface area contributed by atoms with E-state index < -0.39 is 16.0 Å². The molecule has 2 N–H and O–H groups in total. The highest BCUT2D eigenvalue weighted by Crippen LogP contribution is 2.22. The number of nitrogens with one attached hydrogen (secondary N) is 1. The van der Waals surface area contributed by atoms with Crippen LogP contribution < -0.4 is 4.72 Å². The molecule has 7 heteroatoms. The van der Waals surface area contributed by atoms with Crippen LogP contribution in [0.15, 0.2) is 18.2 Å². The summed E-state index contributed by atoms with van der Waals surface area (Å²) >= 11 is 0. The van der Waals surface area contributed by atoms with E-state index in [1.807, 2.05) is 0 Å². The van der Waals surface area contributed by atoms with E-state index in [0.717, 1.165) is 12.8 Å². The van der Waals surface area contributed by atoms with Gasteiger partial charge in [0, 0.05) is 19.7 Å². The standard InChI is InChI=1S/C13H19FN2O3S/c1-10-7-12(14)4-5-13(10)15-20(18,19)16-6-2-3-11(8-16)9-17/h4-5,7,11,15,17H,2-3,6,8-9H2,1H3. The van der Waals surface area contributed by atoms with Gasteiger partial charge in [-0.3, -0.25) is 4.72 Å². The van der Waals surface area contributed by atoms with E-state index in [0.29, 0.717) is 24.3 Å². The van der Waals surface area contributed by atoms with Crippen molar-refractivity contribution in [3.8, 4) is 0 Å². The van der Waals surface area contributed by atoms with Crippen molar-refractivity contribution in [2.75, 3.05) is 24.4 Å². The van der Waals surface area contributed by atoms with Crippen molar-refractivity contribution < 1.29 is 17.9 Å². The number of benzene rings is 1. The summed E-state index contributed by atoms with van der Waals surface area (Å²) in [6.45, 7) is 2.38. The molecule has 112 valence electrons. The molecule has 5 nitrogen and oxygen atoms in total. The van der Waals surface area contributed by atoms with E-state index in [9.17, 15) is 12.8 Å². The summed E-state index contributed by atoms with van der Waals surface area (Å²) in [5.74, 6) is -0.418. The lowest BCUT2D eigenvalue weighted by molar-refractivity contribution is 0.166. The van der Waals surface area contributed by atoms with Crippen molar-refractivity contribution in [2.24, 2.45) is 5.92 Å². The Morgan fingerprint density at radius 3 is 2.90 bits per heavy atom. The van der Waals surface area contributed by atoms with Crippen molar-refractivity contribution in [1.29, 1.82) is 0 Å².